The van der Waals surface area contributed by atoms with Gasteiger partial charge in [-0.05, 0) is 32.3 Å². The van der Waals surface area contributed by atoms with Gasteiger partial charge in [-0.2, -0.15) is 0 Å². The highest BCUT2D eigenvalue weighted by atomic mass is 32.2. The van der Waals surface area contributed by atoms with Gasteiger partial charge in [0.05, 0.1) is 24.1 Å². The molecule has 2 aliphatic heterocycles. The van der Waals surface area contributed by atoms with E-state index >= 15 is 0 Å². The number of nitrogens with one attached hydrogen (secondary N) is 1. The number of thiophene rings is 1. The van der Waals surface area contributed by atoms with Crippen LogP contribution in [0.5, 0.6) is 0 Å². The van der Waals surface area contributed by atoms with Crippen molar-refractivity contribution >= 4 is 51.0 Å². The number of ether oxygens (including phenoxy) is 2. The number of carbonyl (C=O) groups is 1. The maximum absolute atomic E-state index is 12.4. The lowest BCUT2D eigenvalue weighted by Crippen LogP contribution is -2.33. The van der Waals surface area contributed by atoms with Gasteiger partial charge in [0.25, 0.3) is 0 Å². The van der Waals surface area contributed by atoms with Crippen LogP contribution in [0, 0.1) is 0 Å². The van der Waals surface area contributed by atoms with Gasteiger partial charge in [0.1, 0.15) is 9.86 Å². The molecular formula is C21H29N3O3S3. The molecule has 4 rings (SSSR count). The van der Waals surface area contributed by atoms with Crippen molar-refractivity contribution in [2.24, 2.45) is 0 Å². The van der Waals surface area contributed by atoms with Crippen molar-refractivity contribution in [1.82, 2.24) is 15.3 Å². The number of aromatic nitrogens is 2. The smallest absolute Gasteiger partial charge is 0.230 e. The zero-order chi connectivity index (χ0) is 21.3. The Labute approximate surface area is 190 Å². The minimum Gasteiger partial charge on any atom is -0.376 e. The molecule has 0 aromatic carbocycles. The van der Waals surface area contributed by atoms with Gasteiger partial charge in [-0.3, -0.25) is 4.79 Å². The van der Waals surface area contributed by atoms with Gasteiger partial charge in [0, 0.05) is 35.1 Å². The van der Waals surface area contributed by atoms with E-state index in [0.717, 1.165) is 46.3 Å². The van der Waals surface area contributed by atoms with Crippen LogP contribution in [0.4, 0.5) is 0 Å². The summed E-state index contributed by atoms with van der Waals surface area (Å²) >= 11 is 4.86. The van der Waals surface area contributed by atoms with Crippen LogP contribution in [0.3, 0.4) is 0 Å². The fraction of sp³-hybridized carbons (Fsp3) is 0.667. The number of carbonyl (C=O) groups excluding carboxylic acids is 1. The second kappa shape index (κ2) is 9.32. The Balaban J connectivity index is 1.56. The molecule has 1 fully saturated rings. The van der Waals surface area contributed by atoms with Crippen molar-refractivity contribution in [2.75, 3.05) is 18.9 Å². The summed E-state index contributed by atoms with van der Waals surface area (Å²) in [6.45, 7) is 10.5. The van der Waals surface area contributed by atoms with Crippen LogP contribution >= 0.6 is 34.9 Å². The normalized spacial score (nSPS) is 20.6. The van der Waals surface area contributed by atoms with Crippen LogP contribution in [0.15, 0.2) is 10.2 Å². The lowest BCUT2D eigenvalue weighted by molar-refractivity contribution is -0.119. The molecule has 0 bridgehead atoms. The molecule has 0 saturated carbocycles. The number of hydrogen-bond donors (Lipinski definition) is 1. The molecule has 0 aliphatic carbocycles. The summed E-state index contributed by atoms with van der Waals surface area (Å²) in [5, 5.41) is 6.20. The second-order valence-corrected chi connectivity index (χ2v) is 12.2. The fourth-order valence-corrected chi connectivity index (χ4v) is 6.56. The standard InChI is InChI=1S/C21H29N3O3S3/c1-12(2)29-20-23-18(28-11-16(25)22-9-13-6-5-7-26-13)17-14-8-21(3,4)27-10-15(14)30-19(17)24-20/h12-13H,5-11H2,1-4H3,(H,22,25)/t13-/m1/s1. The lowest BCUT2D eigenvalue weighted by Gasteiger charge is -2.30. The Hall–Kier alpha value is -0.870. The predicted molar refractivity (Wildman–Crippen MR) is 124 cm³/mol. The van der Waals surface area contributed by atoms with E-state index in [9.17, 15) is 4.79 Å². The van der Waals surface area contributed by atoms with E-state index in [-0.39, 0.29) is 17.6 Å². The third kappa shape index (κ3) is 5.30. The van der Waals surface area contributed by atoms with E-state index in [2.05, 4.69) is 33.0 Å². The predicted octanol–water partition coefficient (Wildman–Crippen LogP) is 4.43. The number of amides is 1. The van der Waals surface area contributed by atoms with E-state index in [0.29, 0.717) is 24.2 Å². The van der Waals surface area contributed by atoms with Crippen LogP contribution in [0.1, 0.15) is 51.0 Å². The Morgan fingerprint density at radius 1 is 1.37 bits per heavy atom. The maximum atomic E-state index is 12.4. The van der Waals surface area contributed by atoms with Crippen LogP contribution < -0.4 is 5.32 Å². The first-order valence-corrected chi connectivity index (χ1v) is 13.1. The van der Waals surface area contributed by atoms with Gasteiger partial charge in [-0.15, -0.1) is 11.3 Å². The monoisotopic (exact) mass is 467 g/mol. The van der Waals surface area contributed by atoms with Gasteiger partial charge in [0.15, 0.2) is 5.16 Å². The first-order valence-electron chi connectivity index (χ1n) is 10.4. The molecule has 0 spiro atoms. The third-order valence-electron chi connectivity index (χ3n) is 5.11. The Kier molecular flexibility index (Phi) is 6.94. The summed E-state index contributed by atoms with van der Waals surface area (Å²) in [6.07, 6.45) is 3.09. The van der Waals surface area contributed by atoms with E-state index in [1.807, 2.05) is 0 Å². The van der Waals surface area contributed by atoms with Gasteiger partial charge in [-0.1, -0.05) is 37.4 Å². The van der Waals surface area contributed by atoms with E-state index < -0.39 is 0 Å². The minimum absolute atomic E-state index is 0.0214. The van der Waals surface area contributed by atoms with Crippen molar-refractivity contribution in [3.8, 4) is 0 Å². The molecule has 9 heteroatoms. The molecule has 30 heavy (non-hydrogen) atoms. The number of rotatable bonds is 7. The molecule has 6 nitrogen and oxygen atoms in total. The average Bonchev–Trinajstić information content (AvgIpc) is 3.30. The molecule has 1 saturated heterocycles. The molecule has 164 valence electrons. The first-order chi connectivity index (χ1) is 14.3. The van der Waals surface area contributed by atoms with Crippen molar-refractivity contribution in [3.63, 3.8) is 0 Å². The van der Waals surface area contributed by atoms with Crippen molar-refractivity contribution in [1.29, 1.82) is 0 Å². The molecule has 1 N–H and O–H groups in total. The number of hydrogen-bond acceptors (Lipinski definition) is 8. The van der Waals surface area contributed by atoms with Gasteiger partial charge >= 0.3 is 0 Å². The van der Waals surface area contributed by atoms with Crippen LogP contribution in [0.25, 0.3) is 10.2 Å². The van der Waals surface area contributed by atoms with E-state index in [1.165, 1.54) is 22.2 Å². The Morgan fingerprint density at radius 2 is 2.20 bits per heavy atom. The summed E-state index contributed by atoms with van der Waals surface area (Å²) in [5.74, 6) is 0.364. The summed E-state index contributed by atoms with van der Waals surface area (Å²) in [7, 11) is 0. The lowest BCUT2D eigenvalue weighted by atomic mass is 9.95. The highest BCUT2D eigenvalue weighted by Gasteiger charge is 2.31. The van der Waals surface area contributed by atoms with Gasteiger partial charge in [-0.25, -0.2) is 9.97 Å². The number of nitrogens with zero attached hydrogens (tertiary/aromatic N) is 2. The molecular weight excluding hydrogens is 438 g/mol. The van der Waals surface area contributed by atoms with Crippen LogP contribution in [0.2, 0.25) is 0 Å². The molecule has 2 aromatic rings. The van der Waals surface area contributed by atoms with Crippen molar-refractivity contribution < 1.29 is 14.3 Å². The molecule has 2 aliphatic rings. The fourth-order valence-electron chi connectivity index (χ4n) is 3.68. The van der Waals surface area contributed by atoms with Gasteiger partial charge in [0.2, 0.25) is 5.91 Å². The first kappa shape index (κ1) is 22.3. The Bertz CT molecular complexity index is 923. The summed E-state index contributed by atoms with van der Waals surface area (Å²) < 4.78 is 11.6. The molecule has 1 atom stereocenters. The zero-order valence-corrected chi connectivity index (χ0v) is 20.4. The van der Waals surface area contributed by atoms with E-state index in [1.54, 1.807) is 23.1 Å². The number of fused-ring (bicyclic) bond motifs is 3. The SMILES string of the molecule is CC(C)Sc1nc(SCC(=O)NC[C@H]2CCCO2)c2c3c(sc2n1)COC(C)(C)C3. The molecule has 0 radical (unpaired) electrons. The van der Waals surface area contributed by atoms with E-state index in [4.69, 9.17) is 19.4 Å². The number of thioether (sulfide) groups is 2. The Morgan fingerprint density at radius 3 is 2.93 bits per heavy atom. The highest BCUT2D eigenvalue weighted by molar-refractivity contribution is 8.00. The summed E-state index contributed by atoms with van der Waals surface area (Å²) in [6, 6.07) is 0. The van der Waals surface area contributed by atoms with Crippen LogP contribution in [-0.4, -0.2) is 51.7 Å². The van der Waals surface area contributed by atoms with Crippen molar-refractivity contribution in [3.05, 3.63) is 10.4 Å². The average molecular weight is 468 g/mol. The molecule has 4 heterocycles. The summed E-state index contributed by atoms with van der Waals surface area (Å²) in [4.78, 5) is 24.4. The third-order valence-corrected chi connectivity index (χ3v) is 8.05. The minimum atomic E-state index is -0.201. The van der Waals surface area contributed by atoms with Gasteiger partial charge < -0.3 is 14.8 Å². The quantitative estimate of drug-likeness (QED) is 0.367. The van der Waals surface area contributed by atoms with Crippen LogP contribution in [-0.2, 0) is 27.3 Å². The molecule has 0 unspecified atom stereocenters. The highest BCUT2D eigenvalue weighted by Crippen LogP contribution is 2.42. The van der Waals surface area contributed by atoms with Crippen molar-refractivity contribution in [2.45, 2.75) is 80.7 Å². The summed E-state index contributed by atoms with van der Waals surface area (Å²) in [5.41, 5.74) is 1.09. The molecule has 2 aromatic heterocycles. The zero-order valence-electron chi connectivity index (χ0n) is 17.9. The largest absolute Gasteiger partial charge is 0.376 e. The second-order valence-electron chi connectivity index (χ2n) is 8.61. The maximum Gasteiger partial charge on any atom is 0.230 e. The molecule has 1 amide bonds. The topological polar surface area (TPSA) is 73.3 Å².